The molecule has 2 aliphatic rings. The Morgan fingerprint density at radius 3 is 2.42 bits per heavy atom. The summed E-state index contributed by atoms with van der Waals surface area (Å²) in [6.07, 6.45) is 2.91. The third-order valence-corrected chi connectivity index (χ3v) is 7.56. The number of allylic oxidation sites excluding steroid dienone is 2. The Hall–Kier alpha value is -4.26. The molecule has 0 spiro atoms. The van der Waals surface area contributed by atoms with Crippen molar-refractivity contribution in [2.45, 2.75) is 65.0 Å². The van der Waals surface area contributed by atoms with Crippen LogP contribution < -0.4 is 10.1 Å². The summed E-state index contributed by atoms with van der Waals surface area (Å²) >= 11 is 0. The number of nitro groups is 1. The summed E-state index contributed by atoms with van der Waals surface area (Å²) in [7, 11) is 1.39. The van der Waals surface area contributed by atoms with Crippen LogP contribution in [0, 0.1) is 10.1 Å². The summed E-state index contributed by atoms with van der Waals surface area (Å²) in [5.41, 5.74) is 2.41. The summed E-state index contributed by atoms with van der Waals surface area (Å²) in [4.78, 5) is 37.8. The topological polar surface area (TPSA) is 145 Å². The Morgan fingerprint density at radius 1 is 1.02 bits per heavy atom. The molecule has 3 unspecified atom stereocenters. The molecule has 1 fully saturated rings. The van der Waals surface area contributed by atoms with Crippen molar-refractivity contribution < 1.29 is 42.9 Å². The molecule has 2 aromatic rings. The van der Waals surface area contributed by atoms with E-state index in [4.69, 9.17) is 28.4 Å². The molecule has 0 aromatic heterocycles. The van der Waals surface area contributed by atoms with Crippen molar-refractivity contribution in [3.63, 3.8) is 0 Å². The zero-order chi connectivity index (χ0) is 32.3. The Kier molecular flexibility index (Phi) is 12.1. The second-order valence-electron chi connectivity index (χ2n) is 10.7. The van der Waals surface area contributed by atoms with E-state index in [1.54, 1.807) is 26.8 Å². The van der Waals surface area contributed by atoms with Crippen LogP contribution in [0.1, 0.15) is 57.1 Å². The monoisotopic (exact) mass is 624 g/mol. The predicted octanol–water partition coefficient (Wildman–Crippen LogP) is 5.07. The molecule has 0 amide bonds. The molecule has 2 heterocycles. The van der Waals surface area contributed by atoms with E-state index < -0.39 is 29.1 Å². The van der Waals surface area contributed by atoms with Crippen LogP contribution in [0.4, 0.5) is 5.69 Å². The number of ether oxygens (including phenoxy) is 6. The number of nitrogens with one attached hydrogen (secondary N) is 1. The number of methoxy groups -OCH3 is 1. The molecule has 2 aromatic carbocycles. The molecule has 4 rings (SSSR count). The first-order valence-corrected chi connectivity index (χ1v) is 15.0. The van der Waals surface area contributed by atoms with Crippen LogP contribution >= 0.6 is 0 Å². The predicted molar refractivity (Wildman–Crippen MR) is 163 cm³/mol. The summed E-state index contributed by atoms with van der Waals surface area (Å²) in [5.74, 6) is -1.80. The maximum atomic E-state index is 13.5. The van der Waals surface area contributed by atoms with Crippen molar-refractivity contribution in [3.05, 3.63) is 92.3 Å². The van der Waals surface area contributed by atoms with Gasteiger partial charge in [-0.1, -0.05) is 24.3 Å². The van der Waals surface area contributed by atoms with Gasteiger partial charge < -0.3 is 33.7 Å². The van der Waals surface area contributed by atoms with Gasteiger partial charge in [0.25, 0.3) is 5.69 Å². The van der Waals surface area contributed by atoms with Gasteiger partial charge in [-0.2, -0.15) is 0 Å². The number of nitro benzene ring substituents is 1. The number of carbonyl (C=O) groups excluding carboxylic acids is 2. The lowest BCUT2D eigenvalue weighted by Gasteiger charge is -2.30. The van der Waals surface area contributed by atoms with Crippen molar-refractivity contribution in [1.82, 2.24) is 5.32 Å². The highest BCUT2D eigenvalue weighted by atomic mass is 16.7. The first-order valence-electron chi connectivity index (χ1n) is 15.0. The molecule has 45 heavy (non-hydrogen) atoms. The molecule has 0 radical (unpaired) electrons. The number of nitrogens with zero attached hydrogens (tertiary/aromatic N) is 1. The highest BCUT2D eigenvalue weighted by Gasteiger charge is 2.39. The summed E-state index contributed by atoms with van der Waals surface area (Å²) in [5, 5.41) is 14.6. The Balaban J connectivity index is 1.39. The molecular formula is C33H40N2O10. The number of esters is 2. The van der Waals surface area contributed by atoms with Gasteiger partial charge in [-0.3, -0.25) is 10.1 Å². The van der Waals surface area contributed by atoms with E-state index in [0.717, 1.165) is 37.9 Å². The van der Waals surface area contributed by atoms with Crippen LogP contribution in [0.2, 0.25) is 0 Å². The van der Waals surface area contributed by atoms with Gasteiger partial charge in [0.05, 0.1) is 28.6 Å². The maximum Gasteiger partial charge on any atom is 0.339 e. The standard InChI is InChI=1S/C33H40N2O10/c1-21-29(31(25-8-7-9-26(20-25)35(38)39)30(22(2)34-21)33(37)45-23(3)40-4)32(36)44-19-18-41-27-13-11-24(12-14-27)15-17-43-28-10-5-6-16-42-28/h7-9,11-14,20,23,28,31,34H,5-6,10,15-19H2,1-4H3. The lowest BCUT2D eigenvalue weighted by molar-refractivity contribution is -0.384. The van der Waals surface area contributed by atoms with Crippen LogP contribution in [0.15, 0.2) is 71.1 Å². The quantitative estimate of drug-likeness (QED) is 0.0988. The number of dihydropyridines is 1. The van der Waals surface area contributed by atoms with Gasteiger partial charge in [0.2, 0.25) is 0 Å². The molecule has 242 valence electrons. The van der Waals surface area contributed by atoms with Crippen molar-refractivity contribution in [2.24, 2.45) is 0 Å². The minimum atomic E-state index is -0.989. The molecular weight excluding hydrogens is 584 g/mol. The van der Waals surface area contributed by atoms with E-state index >= 15 is 0 Å². The van der Waals surface area contributed by atoms with Gasteiger partial charge in [0.1, 0.15) is 19.0 Å². The van der Waals surface area contributed by atoms with Gasteiger partial charge in [0, 0.05) is 37.2 Å². The lowest BCUT2D eigenvalue weighted by Crippen LogP contribution is -2.34. The zero-order valence-electron chi connectivity index (χ0n) is 26.0. The Morgan fingerprint density at radius 2 is 1.76 bits per heavy atom. The van der Waals surface area contributed by atoms with E-state index in [1.165, 1.54) is 25.3 Å². The molecule has 3 atom stereocenters. The fraction of sp³-hybridized carbons (Fsp3) is 0.455. The fourth-order valence-electron chi connectivity index (χ4n) is 5.22. The molecule has 0 aliphatic carbocycles. The molecule has 0 bridgehead atoms. The number of benzene rings is 2. The average molecular weight is 625 g/mol. The first-order chi connectivity index (χ1) is 21.7. The largest absolute Gasteiger partial charge is 0.490 e. The molecule has 12 heteroatoms. The van der Waals surface area contributed by atoms with Gasteiger partial charge in [-0.05, 0) is 69.7 Å². The number of hydrogen-bond donors (Lipinski definition) is 1. The van der Waals surface area contributed by atoms with Crippen LogP contribution in [0.25, 0.3) is 0 Å². The van der Waals surface area contributed by atoms with E-state index in [1.807, 2.05) is 24.3 Å². The fourth-order valence-corrected chi connectivity index (χ4v) is 5.22. The van der Waals surface area contributed by atoms with Crippen molar-refractivity contribution in [1.29, 1.82) is 0 Å². The number of non-ortho nitro benzene ring substituents is 1. The molecule has 1 saturated heterocycles. The molecule has 1 N–H and O–H groups in total. The SMILES string of the molecule is COC(C)OC(=O)C1=C(C)NC(C)=C(C(=O)OCCOc2ccc(CCOC3CCCCO3)cc2)C1c1cccc([N+](=O)[O-])c1. The van der Waals surface area contributed by atoms with Crippen LogP contribution in [-0.2, 0) is 39.7 Å². The summed E-state index contributed by atoms with van der Waals surface area (Å²) in [6, 6.07) is 13.4. The second kappa shape index (κ2) is 16.2. The number of rotatable bonds is 14. The van der Waals surface area contributed by atoms with Gasteiger partial charge in [-0.25, -0.2) is 9.59 Å². The minimum absolute atomic E-state index is 0.0720. The van der Waals surface area contributed by atoms with Crippen molar-refractivity contribution >= 4 is 17.6 Å². The number of hydrogen-bond acceptors (Lipinski definition) is 11. The van der Waals surface area contributed by atoms with Crippen molar-refractivity contribution in [3.8, 4) is 5.75 Å². The van der Waals surface area contributed by atoms with Crippen LogP contribution in [-0.4, -0.2) is 63.0 Å². The van der Waals surface area contributed by atoms with E-state index in [-0.39, 0.29) is 36.3 Å². The van der Waals surface area contributed by atoms with Crippen molar-refractivity contribution in [2.75, 3.05) is 33.5 Å². The summed E-state index contributed by atoms with van der Waals surface area (Å²) in [6.45, 7) is 6.23. The highest BCUT2D eigenvalue weighted by molar-refractivity contribution is 6.00. The van der Waals surface area contributed by atoms with Crippen LogP contribution in [0.5, 0.6) is 5.75 Å². The van der Waals surface area contributed by atoms with Crippen LogP contribution in [0.3, 0.4) is 0 Å². The second-order valence-corrected chi connectivity index (χ2v) is 10.7. The molecule has 2 aliphatic heterocycles. The van der Waals surface area contributed by atoms with E-state index in [2.05, 4.69) is 5.32 Å². The van der Waals surface area contributed by atoms with Gasteiger partial charge >= 0.3 is 11.9 Å². The van der Waals surface area contributed by atoms with Gasteiger partial charge in [-0.15, -0.1) is 0 Å². The third-order valence-electron chi connectivity index (χ3n) is 7.56. The maximum absolute atomic E-state index is 13.5. The first kappa shape index (κ1) is 33.6. The molecule has 0 saturated carbocycles. The van der Waals surface area contributed by atoms with Gasteiger partial charge in [0.15, 0.2) is 12.6 Å². The third kappa shape index (κ3) is 9.13. The minimum Gasteiger partial charge on any atom is -0.490 e. The lowest BCUT2D eigenvalue weighted by atomic mass is 9.80. The Bertz CT molecular complexity index is 1410. The zero-order valence-corrected chi connectivity index (χ0v) is 26.0. The van der Waals surface area contributed by atoms with E-state index in [0.29, 0.717) is 29.3 Å². The number of carbonyl (C=O) groups is 2. The summed E-state index contributed by atoms with van der Waals surface area (Å²) < 4.78 is 33.2. The normalized spacial score (nSPS) is 19.0. The Labute approximate surface area is 262 Å². The van der Waals surface area contributed by atoms with E-state index in [9.17, 15) is 19.7 Å². The molecule has 12 nitrogen and oxygen atoms in total. The highest BCUT2D eigenvalue weighted by Crippen LogP contribution is 2.40. The smallest absolute Gasteiger partial charge is 0.339 e. The average Bonchev–Trinajstić information content (AvgIpc) is 3.03.